The van der Waals surface area contributed by atoms with E-state index in [4.69, 9.17) is 14.2 Å². The third-order valence-electron chi connectivity index (χ3n) is 3.15. The highest BCUT2D eigenvalue weighted by atomic mass is 79.9. The van der Waals surface area contributed by atoms with E-state index < -0.39 is 5.97 Å². The molecule has 0 fully saturated rings. The van der Waals surface area contributed by atoms with E-state index in [0.717, 1.165) is 10.0 Å². The number of fused-ring (bicyclic) bond motifs is 1. The number of hydrogen-bond donors (Lipinski definition) is 1. The molecule has 114 valence electrons. The van der Waals surface area contributed by atoms with Gasteiger partial charge in [-0.15, -0.1) is 0 Å². The van der Waals surface area contributed by atoms with Crippen LogP contribution in [0.15, 0.2) is 40.9 Å². The first kappa shape index (κ1) is 14.7. The fourth-order valence-electron chi connectivity index (χ4n) is 2.08. The van der Waals surface area contributed by atoms with Gasteiger partial charge in [-0.25, -0.2) is 4.79 Å². The van der Waals surface area contributed by atoms with Gasteiger partial charge in [0.05, 0.1) is 5.56 Å². The van der Waals surface area contributed by atoms with E-state index in [0.29, 0.717) is 30.3 Å². The van der Waals surface area contributed by atoms with Crippen molar-refractivity contribution in [3.05, 3.63) is 52.0 Å². The van der Waals surface area contributed by atoms with E-state index >= 15 is 0 Å². The van der Waals surface area contributed by atoms with Crippen molar-refractivity contribution in [2.75, 3.05) is 13.2 Å². The van der Waals surface area contributed by atoms with Gasteiger partial charge in [-0.2, -0.15) is 0 Å². The first-order valence-electron chi connectivity index (χ1n) is 6.67. The topological polar surface area (TPSA) is 65.0 Å². The zero-order chi connectivity index (χ0) is 15.5. The van der Waals surface area contributed by atoms with Crippen molar-refractivity contribution in [2.45, 2.75) is 6.61 Å². The van der Waals surface area contributed by atoms with Crippen molar-refractivity contribution in [1.29, 1.82) is 0 Å². The second-order valence-corrected chi connectivity index (χ2v) is 5.57. The van der Waals surface area contributed by atoms with Gasteiger partial charge in [-0.05, 0) is 30.3 Å². The molecule has 0 saturated carbocycles. The molecule has 0 bridgehead atoms. The Morgan fingerprint density at radius 2 is 1.91 bits per heavy atom. The van der Waals surface area contributed by atoms with Crippen LogP contribution in [0.5, 0.6) is 17.2 Å². The van der Waals surface area contributed by atoms with Crippen molar-refractivity contribution in [1.82, 2.24) is 0 Å². The maximum absolute atomic E-state index is 12.0. The molecule has 1 heterocycles. The van der Waals surface area contributed by atoms with Gasteiger partial charge >= 0.3 is 5.97 Å². The highest BCUT2D eigenvalue weighted by molar-refractivity contribution is 9.10. The van der Waals surface area contributed by atoms with Gasteiger partial charge in [-0.3, -0.25) is 0 Å². The highest BCUT2D eigenvalue weighted by Gasteiger charge is 2.16. The Labute approximate surface area is 135 Å². The molecule has 0 saturated heterocycles. The summed E-state index contributed by atoms with van der Waals surface area (Å²) in [7, 11) is 0. The molecule has 0 amide bonds. The normalized spacial score (nSPS) is 12.8. The lowest BCUT2D eigenvalue weighted by molar-refractivity contribution is 0.0470. The molecule has 2 aromatic carbocycles. The van der Waals surface area contributed by atoms with Gasteiger partial charge in [0.25, 0.3) is 0 Å². The first-order chi connectivity index (χ1) is 10.6. The maximum atomic E-state index is 12.0. The molecule has 2 aromatic rings. The van der Waals surface area contributed by atoms with Gasteiger partial charge < -0.3 is 19.3 Å². The van der Waals surface area contributed by atoms with Crippen molar-refractivity contribution < 1.29 is 24.1 Å². The number of carbonyl (C=O) groups is 1. The molecule has 1 N–H and O–H groups in total. The van der Waals surface area contributed by atoms with Crippen LogP contribution in [0.4, 0.5) is 0 Å². The van der Waals surface area contributed by atoms with Crippen LogP contribution in [0.25, 0.3) is 0 Å². The summed E-state index contributed by atoms with van der Waals surface area (Å²) in [4.78, 5) is 12.0. The molecule has 3 rings (SSSR count). The van der Waals surface area contributed by atoms with E-state index in [1.165, 1.54) is 12.1 Å². The number of aromatic hydroxyl groups is 1. The van der Waals surface area contributed by atoms with Crippen molar-refractivity contribution in [3.8, 4) is 17.2 Å². The highest BCUT2D eigenvalue weighted by Crippen LogP contribution is 2.35. The summed E-state index contributed by atoms with van der Waals surface area (Å²) in [6.45, 7) is 1.11. The fourth-order valence-corrected chi connectivity index (χ4v) is 2.51. The van der Waals surface area contributed by atoms with Crippen LogP contribution >= 0.6 is 15.9 Å². The smallest absolute Gasteiger partial charge is 0.338 e. The van der Waals surface area contributed by atoms with Crippen LogP contribution in [0.3, 0.4) is 0 Å². The van der Waals surface area contributed by atoms with Crippen LogP contribution in [-0.4, -0.2) is 24.3 Å². The van der Waals surface area contributed by atoms with Gasteiger partial charge in [0.15, 0.2) is 11.5 Å². The van der Waals surface area contributed by atoms with Crippen molar-refractivity contribution >= 4 is 21.9 Å². The third-order valence-corrected chi connectivity index (χ3v) is 3.89. The van der Waals surface area contributed by atoms with Gasteiger partial charge in [0, 0.05) is 10.0 Å². The molecular formula is C16H13BrO5. The summed E-state index contributed by atoms with van der Waals surface area (Å²) in [6.07, 6.45) is 0. The van der Waals surface area contributed by atoms with Crippen LogP contribution in [0, 0.1) is 0 Å². The number of ether oxygens (including phenoxy) is 3. The zero-order valence-corrected chi connectivity index (χ0v) is 13.1. The average molecular weight is 365 g/mol. The summed E-state index contributed by atoms with van der Waals surface area (Å²) in [5.74, 6) is 0.826. The number of carbonyl (C=O) groups excluding carboxylic acids is 1. The van der Waals surface area contributed by atoms with Crippen LogP contribution in [0.2, 0.25) is 0 Å². The van der Waals surface area contributed by atoms with Crippen LogP contribution < -0.4 is 9.47 Å². The second kappa shape index (κ2) is 6.27. The lowest BCUT2D eigenvalue weighted by Crippen LogP contribution is -2.15. The number of halogens is 1. The molecule has 0 unspecified atom stereocenters. The number of phenols is 1. The minimum atomic E-state index is -0.502. The SMILES string of the molecule is O=C(OCc1cc2c(cc1Br)OCCO2)c1cccc(O)c1. The zero-order valence-electron chi connectivity index (χ0n) is 11.5. The molecule has 5 nitrogen and oxygen atoms in total. The molecule has 22 heavy (non-hydrogen) atoms. The van der Waals surface area contributed by atoms with Crippen LogP contribution in [0.1, 0.15) is 15.9 Å². The molecule has 0 aliphatic carbocycles. The summed E-state index contributed by atoms with van der Waals surface area (Å²) in [6, 6.07) is 9.61. The molecule has 0 atom stereocenters. The quantitative estimate of drug-likeness (QED) is 0.846. The monoisotopic (exact) mass is 364 g/mol. The molecule has 0 aromatic heterocycles. The van der Waals surface area contributed by atoms with Crippen LogP contribution in [-0.2, 0) is 11.3 Å². The lowest BCUT2D eigenvalue weighted by Gasteiger charge is -2.19. The van der Waals surface area contributed by atoms with E-state index in [9.17, 15) is 9.90 Å². The molecule has 1 aliphatic heterocycles. The Kier molecular flexibility index (Phi) is 4.20. The van der Waals surface area contributed by atoms with Crippen molar-refractivity contribution in [3.63, 3.8) is 0 Å². The largest absolute Gasteiger partial charge is 0.508 e. The Hall–Kier alpha value is -2.21. The second-order valence-electron chi connectivity index (χ2n) is 4.71. The van der Waals surface area contributed by atoms with Gasteiger partial charge in [0.2, 0.25) is 0 Å². The maximum Gasteiger partial charge on any atom is 0.338 e. The Balaban J connectivity index is 1.72. The number of esters is 1. The first-order valence-corrected chi connectivity index (χ1v) is 7.47. The summed E-state index contributed by atoms with van der Waals surface area (Å²) in [5, 5.41) is 9.38. The number of benzene rings is 2. The molecule has 0 radical (unpaired) electrons. The number of phenolic OH excluding ortho intramolecular Hbond substituents is 1. The van der Waals surface area contributed by atoms with E-state index in [1.807, 2.05) is 0 Å². The van der Waals surface area contributed by atoms with E-state index in [2.05, 4.69) is 15.9 Å². The molecular weight excluding hydrogens is 352 g/mol. The molecule has 6 heteroatoms. The summed E-state index contributed by atoms with van der Waals surface area (Å²) < 4.78 is 17.0. The summed E-state index contributed by atoms with van der Waals surface area (Å²) in [5.41, 5.74) is 1.08. The average Bonchev–Trinajstić information content (AvgIpc) is 2.52. The van der Waals surface area contributed by atoms with Gasteiger partial charge in [0.1, 0.15) is 25.6 Å². The van der Waals surface area contributed by atoms with Gasteiger partial charge in [-0.1, -0.05) is 22.0 Å². The Bertz CT molecular complexity index is 714. The lowest BCUT2D eigenvalue weighted by atomic mass is 10.2. The van der Waals surface area contributed by atoms with Crippen molar-refractivity contribution in [2.24, 2.45) is 0 Å². The summed E-state index contributed by atoms with van der Waals surface area (Å²) >= 11 is 3.43. The predicted octanol–water partition coefficient (Wildman–Crippen LogP) is 3.28. The number of rotatable bonds is 3. The Morgan fingerprint density at radius 1 is 1.18 bits per heavy atom. The third kappa shape index (κ3) is 3.17. The van der Waals surface area contributed by atoms with E-state index in [1.54, 1.807) is 24.3 Å². The van der Waals surface area contributed by atoms with E-state index in [-0.39, 0.29) is 12.4 Å². The Morgan fingerprint density at radius 3 is 2.64 bits per heavy atom. The standard InChI is InChI=1S/C16H13BrO5/c17-13-8-15-14(20-4-5-21-15)7-11(13)9-22-16(19)10-2-1-3-12(18)6-10/h1-3,6-8,18H,4-5,9H2. The molecule has 1 aliphatic rings. The molecule has 0 spiro atoms. The minimum absolute atomic E-state index is 0.0231. The minimum Gasteiger partial charge on any atom is -0.508 e. The number of hydrogen-bond acceptors (Lipinski definition) is 5. The fraction of sp³-hybridized carbons (Fsp3) is 0.188. The predicted molar refractivity (Wildman–Crippen MR) is 82.4 cm³/mol.